The molecule has 186 valence electrons. The first-order valence-electron chi connectivity index (χ1n) is 12.7. The normalized spacial score (nSPS) is 18.6. The van der Waals surface area contributed by atoms with Crippen LogP contribution in [-0.2, 0) is 17.8 Å². The first kappa shape index (κ1) is 24.1. The average Bonchev–Trinajstić information content (AvgIpc) is 3.55. The number of likely N-dealkylation sites (tertiary alicyclic amines) is 1. The highest BCUT2D eigenvalue weighted by atomic mass is 16.2. The van der Waals surface area contributed by atoms with E-state index in [1.807, 2.05) is 29.2 Å². The van der Waals surface area contributed by atoms with Crippen molar-refractivity contribution in [2.75, 3.05) is 44.2 Å². The molecule has 0 unspecified atom stereocenters. The summed E-state index contributed by atoms with van der Waals surface area (Å²) < 4.78 is 2.13. The van der Waals surface area contributed by atoms with Gasteiger partial charge in [0.25, 0.3) is 0 Å². The third-order valence-corrected chi connectivity index (χ3v) is 7.91. The average molecular weight is 484 g/mol. The molecule has 1 amide bonds. The van der Waals surface area contributed by atoms with Gasteiger partial charge in [-0.05, 0) is 62.9 Å². The number of carbonyl (C=O) groups excluding carboxylic acids is 1. The predicted octanol–water partition coefficient (Wildman–Crippen LogP) is 3.72. The van der Waals surface area contributed by atoms with E-state index in [9.17, 15) is 15.3 Å². The van der Waals surface area contributed by atoms with Gasteiger partial charge in [-0.25, -0.2) is 4.98 Å². The van der Waals surface area contributed by atoms with Crippen molar-refractivity contribution in [3.8, 4) is 12.1 Å². The molecule has 5 heterocycles. The van der Waals surface area contributed by atoms with E-state index in [4.69, 9.17) is 4.98 Å². The van der Waals surface area contributed by atoms with Crippen LogP contribution in [0.5, 0.6) is 0 Å². The monoisotopic (exact) mass is 483 g/mol. The van der Waals surface area contributed by atoms with Gasteiger partial charge in [-0.3, -0.25) is 14.1 Å². The molecule has 3 aliphatic rings. The quantitative estimate of drug-likeness (QED) is 0.564. The third kappa shape index (κ3) is 3.96. The van der Waals surface area contributed by atoms with Crippen LogP contribution < -0.4 is 4.90 Å². The summed E-state index contributed by atoms with van der Waals surface area (Å²) in [6.45, 7) is 5.15. The second-order valence-corrected chi connectivity index (χ2v) is 9.97. The molecular formula is C28H33N7O. The van der Waals surface area contributed by atoms with E-state index in [2.05, 4.69) is 26.3 Å². The lowest BCUT2D eigenvalue weighted by atomic mass is 9.93. The minimum Gasteiger partial charge on any atom is -0.357 e. The molecule has 0 radical (unpaired) electrons. The van der Waals surface area contributed by atoms with Gasteiger partial charge in [0.2, 0.25) is 5.91 Å². The number of hydrogen-bond donors (Lipinski definition) is 0. The predicted molar refractivity (Wildman–Crippen MR) is 139 cm³/mol. The van der Waals surface area contributed by atoms with Gasteiger partial charge < -0.3 is 9.80 Å². The zero-order valence-corrected chi connectivity index (χ0v) is 19.9. The molecule has 1 aromatic carbocycles. The van der Waals surface area contributed by atoms with E-state index in [1.165, 1.54) is 0 Å². The molecule has 3 aliphatic heterocycles. The summed E-state index contributed by atoms with van der Waals surface area (Å²) in [5.74, 6) is 1.28. The third-order valence-electron chi connectivity index (χ3n) is 7.91. The fourth-order valence-corrected chi connectivity index (χ4v) is 6.04. The highest BCUT2D eigenvalue weighted by molar-refractivity contribution is 5.87. The van der Waals surface area contributed by atoms with Gasteiger partial charge in [0.1, 0.15) is 11.9 Å². The number of carbonyl (C=O) groups is 1. The van der Waals surface area contributed by atoms with Gasteiger partial charge in [0.05, 0.1) is 29.2 Å². The number of nitriles is 2. The van der Waals surface area contributed by atoms with Gasteiger partial charge in [0.15, 0.2) is 5.65 Å². The Morgan fingerprint density at radius 3 is 2.50 bits per heavy atom. The number of anilines is 1. The summed E-state index contributed by atoms with van der Waals surface area (Å²) in [7, 11) is 0. The standard InChI is InChI=1S/C27H29N7O.CH4/c28-15-19-7-12-32(13-8-19)27-22-17-33(25(35)18-31-10-3-4-11-31)14-9-20(22)21(16-29)26-30-23-5-1-2-6-24(23)34(26)27;/h1-2,5-6,19H,3-4,7-14,17-18H2;1H4. The highest BCUT2D eigenvalue weighted by Gasteiger charge is 2.33. The van der Waals surface area contributed by atoms with Gasteiger partial charge in [-0.15, -0.1) is 0 Å². The lowest BCUT2D eigenvalue weighted by Crippen LogP contribution is -2.43. The van der Waals surface area contributed by atoms with Crippen molar-refractivity contribution in [1.29, 1.82) is 10.5 Å². The Morgan fingerprint density at radius 2 is 1.78 bits per heavy atom. The second kappa shape index (κ2) is 9.79. The van der Waals surface area contributed by atoms with Crippen LogP contribution in [0.25, 0.3) is 16.7 Å². The number of fused-ring (bicyclic) bond motifs is 4. The number of hydrogen-bond acceptors (Lipinski definition) is 6. The van der Waals surface area contributed by atoms with Crippen LogP contribution in [0.4, 0.5) is 5.82 Å². The zero-order valence-electron chi connectivity index (χ0n) is 19.9. The first-order valence-corrected chi connectivity index (χ1v) is 12.7. The van der Waals surface area contributed by atoms with Crippen LogP contribution in [0.3, 0.4) is 0 Å². The number of imidazole rings is 1. The van der Waals surface area contributed by atoms with Crippen LogP contribution in [0.15, 0.2) is 24.3 Å². The summed E-state index contributed by atoms with van der Waals surface area (Å²) in [4.78, 5) is 24.7. The summed E-state index contributed by atoms with van der Waals surface area (Å²) >= 11 is 0. The molecule has 36 heavy (non-hydrogen) atoms. The molecule has 2 fully saturated rings. The molecule has 2 saturated heterocycles. The van der Waals surface area contributed by atoms with E-state index in [0.29, 0.717) is 37.3 Å². The lowest BCUT2D eigenvalue weighted by molar-refractivity contribution is -0.133. The fourth-order valence-electron chi connectivity index (χ4n) is 6.04. The van der Waals surface area contributed by atoms with E-state index >= 15 is 0 Å². The maximum atomic E-state index is 13.3. The van der Waals surface area contributed by atoms with Crippen molar-refractivity contribution in [1.82, 2.24) is 19.2 Å². The number of pyridine rings is 1. The Labute approximate surface area is 212 Å². The number of piperidine rings is 1. The minimum atomic E-state index is 0. The van der Waals surface area contributed by atoms with Crippen molar-refractivity contribution in [2.45, 2.75) is 46.1 Å². The number of nitrogens with zero attached hydrogens (tertiary/aromatic N) is 7. The zero-order chi connectivity index (χ0) is 23.9. The SMILES string of the molecule is C.N#Cc1c2c(c(N3CCC(C#N)CC3)n3c1nc1ccccc13)CN(C(=O)CN1CCCC1)CC2. The fraction of sp³-hybridized carbons (Fsp3) is 0.500. The van der Waals surface area contributed by atoms with Gasteiger partial charge in [0, 0.05) is 37.7 Å². The maximum Gasteiger partial charge on any atom is 0.237 e. The van der Waals surface area contributed by atoms with Gasteiger partial charge in [-0.2, -0.15) is 10.5 Å². The molecule has 0 saturated carbocycles. The summed E-state index contributed by atoms with van der Waals surface area (Å²) in [5, 5.41) is 19.6. The minimum absolute atomic E-state index is 0. The molecule has 8 heteroatoms. The molecule has 3 aromatic rings. The molecule has 0 atom stereocenters. The van der Waals surface area contributed by atoms with Crippen molar-refractivity contribution in [3.63, 3.8) is 0 Å². The summed E-state index contributed by atoms with van der Waals surface area (Å²) in [6, 6.07) is 12.9. The number of rotatable bonds is 3. The number of aromatic nitrogens is 2. The molecule has 0 N–H and O–H groups in total. The first-order chi connectivity index (χ1) is 17.2. The van der Waals surface area contributed by atoms with Crippen LogP contribution in [-0.4, -0.2) is 64.4 Å². The van der Waals surface area contributed by atoms with E-state index in [-0.39, 0.29) is 19.3 Å². The highest BCUT2D eigenvalue weighted by Crippen LogP contribution is 2.38. The Morgan fingerprint density at radius 1 is 1.03 bits per heavy atom. The smallest absolute Gasteiger partial charge is 0.237 e. The number of benzene rings is 1. The molecular weight excluding hydrogens is 450 g/mol. The molecule has 0 bridgehead atoms. The van der Waals surface area contributed by atoms with Crippen molar-refractivity contribution in [2.24, 2.45) is 5.92 Å². The Kier molecular flexibility index (Phi) is 6.55. The summed E-state index contributed by atoms with van der Waals surface area (Å²) in [6.07, 6.45) is 4.62. The molecule has 0 aliphatic carbocycles. The van der Waals surface area contributed by atoms with E-state index < -0.39 is 0 Å². The Hall–Kier alpha value is -3.62. The van der Waals surface area contributed by atoms with Gasteiger partial charge in [-0.1, -0.05) is 19.6 Å². The largest absolute Gasteiger partial charge is 0.357 e. The second-order valence-electron chi connectivity index (χ2n) is 9.97. The van der Waals surface area contributed by atoms with Crippen LogP contribution >= 0.6 is 0 Å². The lowest BCUT2D eigenvalue weighted by Gasteiger charge is -2.37. The van der Waals surface area contributed by atoms with Crippen LogP contribution in [0, 0.1) is 28.6 Å². The summed E-state index contributed by atoms with van der Waals surface area (Å²) in [5.41, 5.74) is 5.24. The molecule has 0 spiro atoms. The Balaban J connectivity index is 0.00000267. The van der Waals surface area contributed by atoms with Crippen molar-refractivity contribution in [3.05, 3.63) is 41.0 Å². The maximum absolute atomic E-state index is 13.3. The van der Waals surface area contributed by atoms with E-state index in [0.717, 1.165) is 79.8 Å². The molecule has 8 nitrogen and oxygen atoms in total. The van der Waals surface area contributed by atoms with Gasteiger partial charge >= 0.3 is 0 Å². The number of amides is 1. The van der Waals surface area contributed by atoms with Crippen LogP contribution in [0.2, 0.25) is 0 Å². The van der Waals surface area contributed by atoms with Crippen LogP contribution in [0.1, 0.15) is 49.8 Å². The van der Waals surface area contributed by atoms with E-state index in [1.54, 1.807) is 0 Å². The number of para-hydroxylation sites is 2. The van der Waals surface area contributed by atoms with Crippen molar-refractivity contribution < 1.29 is 4.79 Å². The Bertz CT molecular complexity index is 1380. The molecule has 6 rings (SSSR count). The topological polar surface area (TPSA) is 91.7 Å². The molecule has 2 aromatic heterocycles. The van der Waals surface area contributed by atoms with Crippen molar-refractivity contribution >= 4 is 28.4 Å².